The zero-order valence-corrected chi connectivity index (χ0v) is 8.44. The van der Waals surface area contributed by atoms with Crippen molar-refractivity contribution in [2.45, 2.75) is 12.6 Å². The van der Waals surface area contributed by atoms with E-state index in [-0.39, 0.29) is 0 Å². The van der Waals surface area contributed by atoms with Gasteiger partial charge in [0, 0.05) is 0 Å². The van der Waals surface area contributed by atoms with Gasteiger partial charge in [0.05, 0.1) is 5.56 Å². The van der Waals surface area contributed by atoms with Gasteiger partial charge >= 0.3 is 6.18 Å². The monoisotopic (exact) mass is 233 g/mol. The summed E-state index contributed by atoms with van der Waals surface area (Å²) in [6.45, 7) is 3.94. The topological polar surface area (TPSA) is 26.0 Å². The molecule has 0 bridgehead atoms. The van der Waals surface area contributed by atoms with Crippen LogP contribution in [0.15, 0.2) is 24.8 Å². The van der Waals surface area contributed by atoms with E-state index in [2.05, 4.69) is 6.58 Å². The van der Waals surface area contributed by atoms with Crippen molar-refractivity contribution in [3.63, 3.8) is 0 Å². The van der Waals surface area contributed by atoms with Crippen LogP contribution >= 0.6 is 0 Å². The average Bonchev–Trinajstić information content (AvgIpc) is 2.16. The van der Waals surface area contributed by atoms with Crippen molar-refractivity contribution < 1.29 is 17.6 Å². The zero-order chi connectivity index (χ0) is 12.3. The fourth-order valence-electron chi connectivity index (χ4n) is 1.28. The molecule has 0 aliphatic heterocycles. The van der Waals surface area contributed by atoms with E-state index in [0.29, 0.717) is 30.2 Å². The molecule has 5 heteroatoms. The van der Waals surface area contributed by atoms with Gasteiger partial charge in [-0.2, -0.15) is 13.2 Å². The van der Waals surface area contributed by atoms with Crippen LogP contribution in [-0.4, -0.2) is 6.54 Å². The molecule has 16 heavy (non-hydrogen) atoms. The summed E-state index contributed by atoms with van der Waals surface area (Å²) >= 11 is 0. The van der Waals surface area contributed by atoms with Crippen LogP contribution in [0.4, 0.5) is 17.6 Å². The first-order valence-electron chi connectivity index (χ1n) is 4.61. The quantitative estimate of drug-likeness (QED) is 0.797. The number of halogens is 4. The summed E-state index contributed by atoms with van der Waals surface area (Å²) in [5.74, 6) is -1.29. The van der Waals surface area contributed by atoms with Crippen molar-refractivity contribution in [1.82, 2.24) is 0 Å². The molecule has 0 amide bonds. The van der Waals surface area contributed by atoms with E-state index in [1.807, 2.05) is 0 Å². The van der Waals surface area contributed by atoms with Crippen LogP contribution in [0.5, 0.6) is 0 Å². The molecule has 1 rings (SSSR count). The summed E-state index contributed by atoms with van der Waals surface area (Å²) in [6.07, 6.45) is -4.25. The van der Waals surface area contributed by atoms with E-state index < -0.39 is 17.6 Å². The van der Waals surface area contributed by atoms with E-state index in [0.717, 1.165) is 6.07 Å². The largest absolute Gasteiger partial charge is 0.419 e. The molecule has 2 N–H and O–H groups in total. The molecule has 0 unspecified atom stereocenters. The van der Waals surface area contributed by atoms with Gasteiger partial charge in [0.25, 0.3) is 0 Å². The van der Waals surface area contributed by atoms with Gasteiger partial charge in [0.15, 0.2) is 0 Å². The van der Waals surface area contributed by atoms with Crippen LogP contribution in [0, 0.1) is 5.82 Å². The molecule has 0 spiro atoms. The Balaban J connectivity index is 3.05. The number of hydrogen-bond donors (Lipinski definition) is 1. The van der Waals surface area contributed by atoms with Gasteiger partial charge in [0.1, 0.15) is 5.82 Å². The first-order chi connectivity index (χ1) is 7.36. The minimum atomic E-state index is -4.67. The molecule has 88 valence electrons. The van der Waals surface area contributed by atoms with Crippen molar-refractivity contribution in [2.24, 2.45) is 5.73 Å². The molecule has 0 saturated heterocycles. The maximum Gasteiger partial charge on any atom is 0.419 e. The lowest BCUT2D eigenvalue weighted by Gasteiger charge is -2.10. The normalized spacial score (nSPS) is 11.6. The second kappa shape index (κ2) is 4.65. The zero-order valence-electron chi connectivity index (χ0n) is 8.44. The van der Waals surface area contributed by atoms with Gasteiger partial charge in [-0.25, -0.2) is 4.39 Å². The van der Waals surface area contributed by atoms with Gasteiger partial charge < -0.3 is 5.73 Å². The molecule has 0 fully saturated rings. The molecule has 0 radical (unpaired) electrons. The number of benzene rings is 1. The molecule has 0 heterocycles. The minimum absolute atomic E-state index is 0.321. The second-order valence-corrected chi connectivity index (χ2v) is 3.33. The highest BCUT2D eigenvalue weighted by Gasteiger charge is 2.33. The van der Waals surface area contributed by atoms with Crippen molar-refractivity contribution in [1.29, 1.82) is 0 Å². The molecule has 0 aliphatic carbocycles. The van der Waals surface area contributed by atoms with E-state index >= 15 is 0 Å². The molecule has 0 atom stereocenters. The fourth-order valence-corrected chi connectivity index (χ4v) is 1.28. The third-order valence-corrected chi connectivity index (χ3v) is 2.13. The highest BCUT2D eigenvalue weighted by Crippen LogP contribution is 2.32. The van der Waals surface area contributed by atoms with Crippen LogP contribution in [0.25, 0.3) is 5.57 Å². The summed E-state index contributed by atoms with van der Waals surface area (Å²) in [7, 11) is 0. The smallest absolute Gasteiger partial charge is 0.330 e. The lowest BCUT2D eigenvalue weighted by atomic mass is 10.0. The maximum absolute atomic E-state index is 13.2. The van der Waals surface area contributed by atoms with Gasteiger partial charge in [-0.15, -0.1) is 0 Å². The van der Waals surface area contributed by atoms with Crippen molar-refractivity contribution in [3.8, 4) is 0 Å². The van der Waals surface area contributed by atoms with E-state index in [9.17, 15) is 17.6 Å². The SMILES string of the molecule is C=C(CCN)c1ccc(C(F)(F)F)c(F)c1. The third-order valence-electron chi connectivity index (χ3n) is 2.13. The number of nitrogens with two attached hydrogens (primary N) is 1. The van der Waals surface area contributed by atoms with Crippen LogP contribution in [0.2, 0.25) is 0 Å². The minimum Gasteiger partial charge on any atom is -0.330 e. The Morgan fingerprint density at radius 3 is 2.38 bits per heavy atom. The van der Waals surface area contributed by atoms with Crippen LogP contribution in [0.3, 0.4) is 0 Å². The molecular weight excluding hydrogens is 222 g/mol. The third kappa shape index (κ3) is 2.82. The van der Waals surface area contributed by atoms with Crippen LogP contribution in [0.1, 0.15) is 17.5 Å². The summed E-state index contributed by atoms with van der Waals surface area (Å²) < 4.78 is 49.9. The van der Waals surface area contributed by atoms with Gasteiger partial charge in [0.2, 0.25) is 0 Å². The first kappa shape index (κ1) is 12.7. The number of rotatable bonds is 3. The number of alkyl halides is 3. The molecule has 0 saturated carbocycles. The molecule has 0 aromatic heterocycles. The van der Waals surface area contributed by atoms with Gasteiger partial charge in [-0.05, 0) is 36.2 Å². The predicted molar refractivity (Wildman–Crippen MR) is 54.1 cm³/mol. The predicted octanol–water partition coefficient (Wildman–Crippen LogP) is 3.21. The average molecular weight is 233 g/mol. The molecule has 1 aromatic rings. The molecule has 1 aromatic carbocycles. The highest BCUT2D eigenvalue weighted by molar-refractivity contribution is 5.63. The summed E-state index contributed by atoms with van der Waals surface area (Å²) in [5, 5.41) is 0. The number of hydrogen-bond acceptors (Lipinski definition) is 1. The molecule has 0 aliphatic rings. The Kier molecular flexibility index (Phi) is 3.70. The van der Waals surface area contributed by atoms with E-state index in [4.69, 9.17) is 5.73 Å². The summed E-state index contributed by atoms with van der Waals surface area (Å²) in [4.78, 5) is 0. The Hall–Kier alpha value is -1.36. The maximum atomic E-state index is 13.2. The lowest BCUT2D eigenvalue weighted by Crippen LogP contribution is -2.08. The Morgan fingerprint density at radius 2 is 1.94 bits per heavy atom. The standard InChI is InChI=1S/C11H11F4N/c1-7(4-5-16)8-2-3-9(10(12)6-8)11(13,14)15/h2-3,6H,1,4-5,16H2. The summed E-state index contributed by atoms with van der Waals surface area (Å²) in [5.41, 5.74) is 4.87. The van der Waals surface area contributed by atoms with E-state index in [1.54, 1.807) is 0 Å². The lowest BCUT2D eigenvalue weighted by molar-refractivity contribution is -0.140. The van der Waals surface area contributed by atoms with Crippen molar-refractivity contribution in [3.05, 3.63) is 41.7 Å². The van der Waals surface area contributed by atoms with Gasteiger partial charge in [-0.3, -0.25) is 0 Å². The van der Waals surface area contributed by atoms with Crippen molar-refractivity contribution >= 4 is 5.57 Å². The first-order valence-corrected chi connectivity index (χ1v) is 4.61. The van der Waals surface area contributed by atoms with Crippen LogP contribution < -0.4 is 5.73 Å². The Morgan fingerprint density at radius 1 is 1.31 bits per heavy atom. The Bertz CT molecular complexity index is 395. The summed E-state index contributed by atoms with van der Waals surface area (Å²) in [6, 6.07) is 2.75. The van der Waals surface area contributed by atoms with Gasteiger partial charge in [-0.1, -0.05) is 12.6 Å². The second-order valence-electron chi connectivity index (χ2n) is 3.33. The van der Waals surface area contributed by atoms with Crippen molar-refractivity contribution in [2.75, 3.05) is 6.54 Å². The Labute approximate surface area is 90.6 Å². The van der Waals surface area contributed by atoms with E-state index in [1.165, 1.54) is 6.07 Å². The molecule has 1 nitrogen and oxygen atoms in total. The highest BCUT2D eigenvalue weighted by atomic mass is 19.4. The van der Waals surface area contributed by atoms with Crippen LogP contribution in [-0.2, 0) is 6.18 Å². The molecular formula is C11H11F4N. The fraction of sp³-hybridized carbons (Fsp3) is 0.273.